The second-order valence-corrected chi connectivity index (χ2v) is 23.1. The topological polar surface area (TPSA) is 291 Å². The predicted octanol–water partition coefficient (Wildman–Crippen LogP) is 2.11. The zero-order valence-electron chi connectivity index (χ0n) is 48.9. The molecule has 3 saturated heterocycles. The smallest absolute Gasteiger partial charge is 0.329 e. The fraction of sp³-hybridized carbons (Fsp3) is 0.737. The number of amides is 6. The Hall–Kier alpha value is -5.71. The monoisotopic (exact) mass is 1110 g/mol. The molecule has 3 fully saturated rings. The number of methoxy groups -OCH3 is 1. The van der Waals surface area contributed by atoms with E-state index in [1.807, 2.05) is 34.6 Å². The molecule has 0 spiro atoms. The van der Waals surface area contributed by atoms with Crippen molar-refractivity contribution in [3.8, 4) is 5.75 Å². The number of benzene rings is 1. The van der Waals surface area contributed by atoms with Crippen LogP contribution in [0, 0.1) is 29.6 Å². The molecule has 3 aliphatic heterocycles. The molecule has 0 bridgehead atoms. The van der Waals surface area contributed by atoms with E-state index in [0.29, 0.717) is 30.6 Å². The van der Waals surface area contributed by atoms with Gasteiger partial charge >= 0.3 is 11.9 Å². The Labute approximate surface area is 466 Å². The average Bonchev–Trinajstić information content (AvgIpc) is 4.13. The molecule has 3 aliphatic rings. The molecule has 6 amide bonds. The number of nitrogens with zero attached hydrogens (tertiary/aromatic N) is 4. The third-order valence-electron chi connectivity index (χ3n) is 15.6. The molecule has 1 aromatic carbocycles. The molecular weight excluding hydrogens is 1020 g/mol. The zero-order valence-corrected chi connectivity index (χ0v) is 48.9. The Balaban J connectivity index is 1.89. The number of hydrogen-bond acceptors (Lipinski definition) is 16. The molecule has 4 rings (SSSR count). The summed E-state index contributed by atoms with van der Waals surface area (Å²) in [6.07, 6.45) is -6.48. The number of rotatable bonds is 15. The van der Waals surface area contributed by atoms with E-state index in [2.05, 4.69) is 16.0 Å². The summed E-state index contributed by atoms with van der Waals surface area (Å²) in [7, 11) is 4.34. The van der Waals surface area contributed by atoms with Crippen molar-refractivity contribution in [2.75, 3.05) is 34.3 Å². The van der Waals surface area contributed by atoms with Crippen LogP contribution in [-0.4, -0.2) is 195 Å². The molecule has 1 unspecified atom stereocenters. The fourth-order valence-corrected chi connectivity index (χ4v) is 10.7. The SMILES string of the molecule is CC[C@H](C)[C@H]1NC(O)[C@@H](NC(=O)[C@H](CC(C)C)N(C)C(=O)[C@@H]2CCCN2C(=O)[C@H](C)O)[C@@H](C)OC(=O)[C@H](Cc2ccc(OC)cc2)N(C)C(=O)[C@@H]2CCCN2C(=O)[C@H](CC(C)C)NC(=O)[C@@H](C)C(=O)[C@H](C(C)C)OC(=O)C[C@@H]1O. The first-order valence-electron chi connectivity index (χ1n) is 28.2. The lowest BCUT2D eigenvalue weighted by atomic mass is 9.91. The van der Waals surface area contributed by atoms with E-state index in [0.717, 1.165) is 0 Å². The van der Waals surface area contributed by atoms with E-state index in [-0.39, 0.29) is 57.0 Å². The van der Waals surface area contributed by atoms with Gasteiger partial charge in [0, 0.05) is 39.6 Å². The van der Waals surface area contributed by atoms with Crippen LogP contribution < -0.4 is 20.7 Å². The minimum absolute atomic E-state index is 0.102. The van der Waals surface area contributed by atoms with E-state index in [1.54, 1.807) is 45.0 Å². The molecular formula is C57H91N7O15. The minimum Gasteiger partial charge on any atom is -0.497 e. The van der Waals surface area contributed by atoms with Gasteiger partial charge in [-0.2, -0.15) is 0 Å². The van der Waals surface area contributed by atoms with Gasteiger partial charge in [-0.3, -0.25) is 43.7 Å². The van der Waals surface area contributed by atoms with Crippen LogP contribution in [0.4, 0.5) is 0 Å². The second kappa shape index (κ2) is 29.7. The van der Waals surface area contributed by atoms with Crippen LogP contribution in [0.5, 0.6) is 5.75 Å². The van der Waals surface area contributed by atoms with Gasteiger partial charge in [0.25, 0.3) is 5.91 Å². The molecule has 22 heteroatoms. The maximum Gasteiger partial charge on any atom is 0.329 e. The van der Waals surface area contributed by atoms with Crippen molar-refractivity contribution in [3.63, 3.8) is 0 Å². The number of aliphatic hydroxyl groups is 3. The number of ketones is 1. The van der Waals surface area contributed by atoms with Crippen molar-refractivity contribution >= 4 is 53.2 Å². The lowest BCUT2D eigenvalue weighted by molar-refractivity contribution is -0.164. The van der Waals surface area contributed by atoms with Gasteiger partial charge in [0.05, 0.1) is 25.6 Å². The number of likely N-dealkylation sites (N-methyl/N-ethyl adjacent to an activating group) is 2. The molecule has 22 nitrogen and oxygen atoms in total. The van der Waals surface area contributed by atoms with Gasteiger partial charge < -0.3 is 59.8 Å². The van der Waals surface area contributed by atoms with E-state index >= 15 is 0 Å². The summed E-state index contributed by atoms with van der Waals surface area (Å²) < 4.78 is 17.3. The molecule has 0 saturated carbocycles. The van der Waals surface area contributed by atoms with E-state index in [1.165, 1.54) is 61.6 Å². The Morgan fingerprint density at radius 1 is 0.886 bits per heavy atom. The van der Waals surface area contributed by atoms with Crippen LogP contribution in [0.25, 0.3) is 0 Å². The van der Waals surface area contributed by atoms with Crippen LogP contribution in [-0.2, 0) is 59.0 Å². The average molecular weight is 1110 g/mol. The quantitative estimate of drug-likeness (QED) is 0.108. The molecule has 0 aromatic heterocycles. The number of aliphatic hydroxyl groups excluding tert-OH is 3. The van der Waals surface area contributed by atoms with Gasteiger partial charge in [-0.05, 0) is 101 Å². The maximum absolute atomic E-state index is 15.0. The molecule has 79 heavy (non-hydrogen) atoms. The Morgan fingerprint density at radius 2 is 1.52 bits per heavy atom. The van der Waals surface area contributed by atoms with E-state index < -0.39 is 150 Å². The van der Waals surface area contributed by atoms with Crippen LogP contribution in [0.1, 0.15) is 133 Å². The van der Waals surface area contributed by atoms with Crippen molar-refractivity contribution < 1.29 is 72.7 Å². The molecule has 0 radical (unpaired) electrons. The normalized spacial score (nSPS) is 28.7. The van der Waals surface area contributed by atoms with Crippen molar-refractivity contribution in [1.29, 1.82) is 0 Å². The van der Waals surface area contributed by atoms with Gasteiger partial charge in [-0.15, -0.1) is 0 Å². The number of carbonyl (C=O) groups is 9. The van der Waals surface area contributed by atoms with Crippen molar-refractivity contribution in [3.05, 3.63) is 29.8 Å². The van der Waals surface area contributed by atoms with Crippen molar-refractivity contribution in [2.24, 2.45) is 29.6 Å². The summed E-state index contributed by atoms with van der Waals surface area (Å²) in [5, 5.41) is 43.0. The molecule has 6 N–H and O–H groups in total. The van der Waals surface area contributed by atoms with Crippen LogP contribution in [0.15, 0.2) is 24.3 Å². The third-order valence-corrected chi connectivity index (χ3v) is 15.6. The number of likely N-dealkylation sites (tertiary alicyclic amines) is 1. The van der Waals surface area contributed by atoms with Crippen molar-refractivity contribution in [1.82, 2.24) is 35.6 Å². The zero-order chi connectivity index (χ0) is 59.3. The highest BCUT2D eigenvalue weighted by molar-refractivity contribution is 6.05. The van der Waals surface area contributed by atoms with Crippen LogP contribution in [0.2, 0.25) is 0 Å². The number of ether oxygens (including phenoxy) is 3. The third kappa shape index (κ3) is 17.2. The van der Waals surface area contributed by atoms with Gasteiger partial charge in [0.15, 0.2) is 11.9 Å². The number of hydrogen-bond donors (Lipinski definition) is 6. The summed E-state index contributed by atoms with van der Waals surface area (Å²) in [4.78, 5) is 134. The second-order valence-electron chi connectivity index (χ2n) is 23.1. The highest BCUT2D eigenvalue weighted by Gasteiger charge is 2.46. The first-order chi connectivity index (χ1) is 37.0. The number of Topliss-reactive ketones (excluding diaryl/α,β-unsaturated/α-hetero) is 1. The van der Waals surface area contributed by atoms with Crippen molar-refractivity contribution in [2.45, 2.75) is 207 Å². The highest BCUT2D eigenvalue weighted by Crippen LogP contribution is 2.28. The van der Waals surface area contributed by atoms with E-state index in [9.17, 15) is 58.5 Å². The Kier molecular flexibility index (Phi) is 24.7. The highest BCUT2D eigenvalue weighted by atomic mass is 16.6. The number of esters is 2. The fourth-order valence-electron chi connectivity index (χ4n) is 10.7. The summed E-state index contributed by atoms with van der Waals surface area (Å²) in [5.74, 6) is -8.96. The Morgan fingerprint density at radius 3 is 2.09 bits per heavy atom. The van der Waals surface area contributed by atoms with Gasteiger partial charge in [0.1, 0.15) is 60.4 Å². The molecule has 1 aromatic rings. The summed E-state index contributed by atoms with van der Waals surface area (Å²) in [5.41, 5.74) is 0.588. The number of carbonyl (C=O) groups excluding carboxylic acids is 9. The number of nitrogens with one attached hydrogen (secondary N) is 3. The Bertz CT molecular complexity index is 2280. The molecule has 3 heterocycles. The lowest BCUT2D eigenvalue weighted by Gasteiger charge is -2.38. The van der Waals surface area contributed by atoms with Gasteiger partial charge in [0.2, 0.25) is 29.5 Å². The number of fused-ring (bicyclic) bond motifs is 1. The van der Waals surface area contributed by atoms with Gasteiger partial charge in [-0.25, -0.2) is 4.79 Å². The first-order valence-corrected chi connectivity index (χ1v) is 28.2. The van der Waals surface area contributed by atoms with Crippen LogP contribution in [0.3, 0.4) is 0 Å². The molecule has 444 valence electrons. The summed E-state index contributed by atoms with van der Waals surface area (Å²) in [6.45, 7) is 18.6. The molecule has 0 aliphatic carbocycles. The maximum atomic E-state index is 15.0. The number of cyclic esters (lactones) is 2. The molecule has 14 atom stereocenters. The van der Waals surface area contributed by atoms with E-state index in [4.69, 9.17) is 14.2 Å². The minimum atomic E-state index is -1.87. The summed E-state index contributed by atoms with van der Waals surface area (Å²) >= 11 is 0. The summed E-state index contributed by atoms with van der Waals surface area (Å²) in [6, 6.07) is -1.73. The lowest BCUT2D eigenvalue weighted by Crippen LogP contribution is -2.64. The largest absolute Gasteiger partial charge is 0.497 e. The standard InChI is InChI=1S/C57H91N7O15/c1-15-33(8)46-44(66)29-45(67)79-49(32(6)7)48(68)34(9)50(69)58-39(26-30(2)3)54(73)64-25-17-19-41(64)56(75)62(13)43(28-37-20-22-38(77-14)23-21-37)57(76)78-36(11)47(52(71)59-46)60-51(70)42(27-31(4)5)61(12)55(74)40-18-16-24-63(40)53(72)35(10)65/h20-23,30-36,39-44,46-47,49,52,59,65-66,71H,15-19,24-29H2,1-14H3,(H,58,69)(H,60,70)/t33-,34-,35-,36+,39-,40-,41-,42-,43-,44-,46+,47-,49-,52?/m0/s1. The van der Waals surface area contributed by atoms with Gasteiger partial charge in [-0.1, -0.05) is 73.9 Å². The first kappa shape index (κ1) is 65.8. The predicted molar refractivity (Wildman–Crippen MR) is 291 cm³/mol. The van der Waals surface area contributed by atoms with Crippen LogP contribution >= 0.6 is 0 Å².